The lowest BCUT2D eigenvalue weighted by atomic mass is 10.3. The number of halogens is 1. The van der Waals surface area contributed by atoms with Crippen molar-refractivity contribution in [1.29, 1.82) is 0 Å². The molecule has 1 N–H and O–H groups in total. The van der Waals surface area contributed by atoms with Crippen LogP contribution in [0.4, 0.5) is 5.82 Å². The van der Waals surface area contributed by atoms with Crippen LogP contribution in [0.15, 0.2) is 23.7 Å². The fourth-order valence-electron chi connectivity index (χ4n) is 1.36. The summed E-state index contributed by atoms with van der Waals surface area (Å²) in [4.78, 5) is 9.42. The zero-order valence-electron chi connectivity index (χ0n) is 8.90. The van der Waals surface area contributed by atoms with Crippen LogP contribution in [0.25, 0.3) is 0 Å². The monoisotopic (exact) mass is 253 g/mol. The molecule has 0 fully saturated rings. The molecule has 0 aliphatic heterocycles. The number of aryl methyl sites for hydroxylation is 1. The molecular formula is C11H12ClN3S. The van der Waals surface area contributed by atoms with E-state index in [-0.39, 0.29) is 5.28 Å². The van der Waals surface area contributed by atoms with Crippen molar-refractivity contribution in [2.24, 2.45) is 0 Å². The molecule has 0 atom stereocenters. The van der Waals surface area contributed by atoms with Crippen LogP contribution < -0.4 is 5.32 Å². The van der Waals surface area contributed by atoms with Crippen molar-refractivity contribution in [1.82, 2.24) is 9.97 Å². The van der Waals surface area contributed by atoms with E-state index in [4.69, 9.17) is 11.6 Å². The minimum absolute atomic E-state index is 0.282. The van der Waals surface area contributed by atoms with E-state index in [1.54, 1.807) is 17.5 Å². The Labute approximate surface area is 104 Å². The van der Waals surface area contributed by atoms with Crippen molar-refractivity contribution in [3.8, 4) is 0 Å². The van der Waals surface area contributed by atoms with Crippen LogP contribution in [0.2, 0.25) is 5.28 Å². The van der Waals surface area contributed by atoms with Crippen molar-refractivity contribution in [3.63, 3.8) is 0 Å². The Balaban J connectivity index is 1.92. The van der Waals surface area contributed by atoms with Crippen LogP contribution in [-0.2, 0) is 6.42 Å². The third-order valence-electron chi connectivity index (χ3n) is 2.19. The van der Waals surface area contributed by atoms with E-state index in [2.05, 4.69) is 32.8 Å². The van der Waals surface area contributed by atoms with E-state index in [9.17, 15) is 0 Å². The molecule has 5 heteroatoms. The Morgan fingerprint density at radius 2 is 2.38 bits per heavy atom. The summed E-state index contributed by atoms with van der Waals surface area (Å²) in [7, 11) is 0. The molecule has 0 spiro atoms. The van der Waals surface area contributed by atoms with Gasteiger partial charge in [0.05, 0.1) is 0 Å². The van der Waals surface area contributed by atoms with Crippen molar-refractivity contribution >= 4 is 28.8 Å². The second-order valence-electron chi connectivity index (χ2n) is 3.43. The zero-order chi connectivity index (χ0) is 11.4. The Kier molecular flexibility index (Phi) is 3.74. The number of anilines is 1. The summed E-state index contributed by atoms with van der Waals surface area (Å²) in [6.45, 7) is 2.82. The molecule has 0 amide bonds. The summed E-state index contributed by atoms with van der Waals surface area (Å²) >= 11 is 7.50. The molecule has 0 aliphatic rings. The van der Waals surface area contributed by atoms with Gasteiger partial charge in [-0.3, -0.25) is 0 Å². The first kappa shape index (κ1) is 11.4. The molecule has 2 aromatic rings. The molecule has 0 aliphatic carbocycles. The first-order valence-electron chi connectivity index (χ1n) is 5.01. The molecule has 0 radical (unpaired) electrons. The van der Waals surface area contributed by atoms with Crippen molar-refractivity contribution < 1.29 is 0 Å². The maximum absolute atomic E-state index is 5.74. The second kappa shape index (κ2) is 5.27. The second-order valence-corrected chi connectivity index (χ2v) is 4.80. The summed E-state index contributed by atoms with van der Waals surface area (Å²) in [5.41, 5.74) is 1.01. The molecule has 0 saturated heterocycles. The summed E-state index contributed by atoms with van der Waals surface area (Å²) in [5.74, 6) is 0.816. The highest BCUT2D eigenvalue weighted by Crippen LogP contribution is 2.13. The predicted molar refractivity (Wildman–Crippen MR) is 68.3 cm³/mol. The summed E-state index contributed by atoms with van der Waals surface area (Å²) in [6.07, 6.45) is 2.72. The van der Waals surface area contributed by atoms with Gasteiger partial charge in [-0.1, -0.05) is 6.07 Å². The Morgan fingerprint density at radius 3 is 3.12 bits per heavy atom. The molecule has 2 heterocycles. The highest BCUT2D eigenvalue weighted by Gasteiger charge is 2.01. The fourth-order valence-corrected chi connectivity index (χ4v) is 2.20. The first-order chi connectivity index (χ1) is 7.75. The van der Waals surface area contributed by atoms with E-state index in [0.29, 0.717) is 0 Å². The van der Waals surface area contributed by atoms with E-state index in [1.807, 2.05) is 6.92 Å². The SMILES string of the molecule is Cc1cnc(Cl)nc1NCCc1cccs1. The lowest BCUT2D eigenvalue weighted by Crippen LogP contribution is -2.07. The number of aromatic nitrogens is 2. The van der Waals surface area contributed by atoms with Gasteiger partial charge in [-0.2, -0.15) is 0 Å². The molecule has 0 unspecified atom stereocenters. The van der Waals surface area contributed by atoms with Crippen LogP contribution in [0, 0.1) is 6.92 Å². The Hall–Kier alpha value is -1.13. The van der Waals surface area contributed by atoms with Gasteiger partial charge in [-0.05, 0) is 36.4 Å². The maximum atomic E-state index is 5.74. The molecule has 0 bridgehead atoms. The molecule has 3 nitrogen and oxygen atoms in total. The van der Waals surface area contributed by atoms with Crippen LogP contribution in [0.5, 0.6) is 0 Å². The predicted octanol–water partition coefficient (Wildman–Crippen LogP) is 3.15. The lowest BCUT2D eigenvalue weighted by molar-refractivity contribution is 1.01. The van der Waals surface area contributed by atoms with Gasteiger partial charge in [0, 0.05) is 23.2 Å². The van der Waals surface area contributed by atoms with Gasteiger partial charge >= 0.3 is 0 Å². The average molecular weight is 254 g/mol. The third kappa shape index (κ3) is 2.93. The third-order valence-corrected chi connectivity index (χ3v) is 3.30. The number of nitrogens with zero attached hydrogens (tertiary/aromatic N) is 2. The van der Waals surface area contributed by atoms with E-state index >= 15 is 0 Å². The van der Waals surface area contributed by atoms with Gasteiger partial charge in [-0.25, -0.2) is 9.97 Å². The Bertz CT molecular complexity index is 456. The molecular weight excluding hydrogens is 242 g/mol. The molecule has 84 valence electrons. The van der Waals surface area contributed by atoms with Crippen LogP contribution in [0.1, 0.15) is 10.4 Å². The average Bonchev–Trinajstić information content (AvgIpc) is 2.76. The molecule has 2 aromatic heterocycles. The largest absolute Gasteiger partial charge is 0.369 e. The highest BCUT2D eigenvalue weighted by molar-refractivity contribution is 7.09. The number of rotatable bonds is 4. The standard InChI is InChI=1S/C11H12ClN3S/c1-8-7-14-11(12)15-10(8)13-5-4-9-3-2-6-16-9/h2-3,6-7H,4-5H2,1H3,(H,13,14,15). The van der Waals surface area contributed by atoms with Gasteiger partial charge in [0.25, 0.3) is 0 Å². The summed E-state index contributed by atoms with van der Waals surface area (Å²) in [5, 5.41) is 5.63. The van der Waals surface area contributed by atoms with E-state index in [1.165, 1.54) is 4.88 Å². The lowest BCUT2D eigenvalue weighted by Gasteiger charge is -2.07. The quantitative estimate of drug-likeness (QED) is 0.851. The Morgan fingerprint density at radius 1 is 1.50 bits per heavy atom. The van der Waals surface area contributed by atoms with Crippen molar-refractivity contribution in [2.45, 2.75) is 13.3 Å². The van der Waals surface area contributed by atoms with E-state index in [0.717, 1.165) is 24.3 Å². The molecule has 2 rings (SSSR count). The van der Waals surface area contributed by atoms with E-state index < -0.39 is 0 Å². The first-order valence-corrected chi connectivity index (χ1v) is 6.27. The van der Waals surface area contributed by atoms with Gasteiger partial charge < -0.3 is 5.32 Å². The van der Waals surface area contributed by atoms with Gasteiger partial charge in [0.15, 0.2) is 0 Å². The zero-order valence-corrected chi connectivity index (χ0v) is 10.5. The number of hydrogen-bond acceptors (Lipinski definition) is 4. The summed E-state index contributed by atoms with van der Waals surface area (Å²) < 4.78 is 0. The van der Waals surface area contributed by atoms with Crippen LogP contribution in [-0.4, -0.2) is 16.5 Å². The minimum Gasteiger partial charge on any atom is -0.369 e. The van der Waals surface area contributed by atoms with Gasteiger partial charge in [-0.15, -0.1) is 11.3 Å². The molecule has 0 saturated carbocycles. The normalized spacial score (nSPS) is 10.4. The number of nitrogens with one attached hydrogen (secondary N) is 1. The molecule has 16 heavy (non-hydrogen) atoms. The number of thiophene rings is 1. The summed E-state index contributed by atoms with van der Waals surface area (Å²) in [6, 6.07) is 4.19. The van der Waals surface area contributed by atoms with Gasteiger partial charge in [0.1, 0.15) is 5.82 Å². The molecule has 0 aromatic carbocycles. The van der Waals surface area contributed by atoms with Crippen molar-refractivity contribution in [2.75, 3.05) is 11.9 Å². The van der Waals surface area contributed by atoms with Crippen molar-refractivity contribution in [3.05, 3.63) is 39.4 Å². The maximum Gasteiger partial charge on any atom is 0.224 e. The van der Waals surface area contributed by atoms with Crippen LogP contribution >= 0.6 is 22.9 Å². The highest BCUT2D eigenvalue weighted by atomic mass is 35.5. The topological polar surface area (TPSA) is 37.8 Å². The number of hydrogen-bond donors (Lipinski definition) is 1. The smallest absolute Gasteiger partial charge is 0.224 e. The fraction of sp³-hybridized carbons (Fsp3) is 0.273. The van der Waals surface area contributed by atoms with Gasteiger partial charge in [0.2, 0.25) is 5.28 Å². The van der Waals surface area contributed by atoms with Crippen LogP contribution in [0.3, 0.4) is 0 Å². The minimum atomic E-state index is 0.282.